The molecule has 0 fully saturated rings. The lowest BCUT2D eigenvalue weighted by atomic mass is 9.75. The highest BCUT2D eigenvalue weighted by Crippen LogP contribution is 2.35. The van der Waals surface area contributed by atoms with Gasteiger partial charge in [-0.25, -0.2) is 0 Å². The zero-order chi connectivity index (χ0) is 12.0. The van der Waals surface area contributed by atoms with Gasteiger partial charge in [-0.05, 0) is 18.4 Å². The highest BCUT2D eigenvalue weighted by atomic mass is 79.9. The summed E-state index contributed by atoms with van der Waals surface area (Å²) in [6.45, 7) is 4.23. The van der Waals surface area contributed by atoms with Crippen LogP contribution >= 0.6 is 15.9 Å². The van der Waals surface area contributed by atoms with Crippen LogP contribution in [0.1, 0.15) is 38.7 Å². The van der Waals surface area contributed by atoms with Crippen LogP contribution in [0.25, 0.3) is 0 Å². The SMILES string of the molecule is CCC[C@](C#N)(C[C@H](C)Br)c1ccccc1. The molecule has 1 nitrogen and oxygen atoms in total. The molecule has 0 aliphatic carbocycles. The zero-order valence-corrected chi connectivity index (χ0v) is 11.5. The predicted molar refractivity (Wildman–Crippen MR) is 71.6 cm³/mol. The summed E-state index contributed by atoms with van der Waals surface area (Å²) in [6.07, 6.45) is 2.81. The molecule has 16 heavy (non-hydrogen) atoms. The van der Waals surface area contributed by atoms with E-state index in [0.717, 1.165) is 24.8 Å². The molecule has 0 aliphatic rings. The van der Waals surface area contributed by atoms with Gasteiger partial charge in [-0.3, -0.25) is 0 Å². The molecule has 0 saturated carbocycles. The van der Waals surface area contributed by atoms with Crippen molar-refractivity contribution in [2.45, 2.75) is 43.4 Å². The van der Waals surface area contributed by atoms with E-state index in [9.17, 15) is 5.26 Å². The molecule has 0 unspecified atom stereocenters. The van der Waals surface area contributed by atoms with Crippen molar-refractivity contribution >= 4 is 15.9 Å². The molecule has 0 amide bonds. The number of alkyl halides is 1. The highest BCUT2D eigenvalue weighted by molar-refractivity contribution is 9.09. The first-order valence-electron chi connectivity index (χ1n) is 5.75. The minimum Gasteiger partial charge on any atom is -0.197 e. The smallest absolute Gasteiger partial charge is 0.0832 e. The number of hydrogen-bond acceptors (Lipinski definition) is 1. The molecule has 1 aromatic carbocycles. The van der Waals surface area contributed by atoms with Gasteiger partial charge in [0.1, 0.15) is 0 Å². The minimum atomic E-state index is -0.334. The molecular weight excluding hydrogens is 262 g/mol. The van der Waals surface area contributed by atoms with Crippen LogP contribution in [0.15, 0.2) is 30.3 Å². The van der Waals surface area contributed by atoms with Crippen LogP contribution in [0.3, 0.4) is 0 Å². The van der Waals surface area contributed by atoms with E-state index in [1.165, 1.54) is 0 Å². The van der Waals surface area contributed by atoms with Crippen molar-refractivity contribution in [1.29, 1.82) is 5.26 Å². The van der Waals surface area contributed by atoms with Crippen molar-refractivity contribution in [2.75, 3.05) is 0 Å². The van der Waals surface area contributed by atoms with Crippen molar-refractivity contribution in [3.05, 3.63) is 35.9 Å². The van der Waals surface area contributed by atoms with Gasteiger partial charge >= 0.3 is 0 Å². The Morgan fingerprint density at radius 1 is 1.38 bits per heavy atom. The predicted octanol–water partition coefficient (Wildman–Crippen LogP) is 4.42. The second-order valence-electron chi connectivity index (χ2n) is 4.29. The summed E-state index contributed by atoms with van der Waals surface area (Å²) >= 11 is 3.57. The van der Waals surface area contributed by atoms with E-state index in [2.05, 4.69) is 48.0 Å². The Balaban J connectivity index is 3.08. The topological polar surface area (TPSA) is 23.8 Å². The fourth-order valence-corrected chi connectivity index (χ4v) is 2.75. The molecular formula is C14H18BrN. The molecule has 0 bridgehead atoms. The Kier molecular flexibility index (Phi) is 5.02. The van der Waals surface area contributed by atoms with Crippen LogP contribution in [-0.2, 0) is 5.41 Å². The molecule has 2 heteroatoms. The van der Waals surface area contributed by atoms with Gasteiger partial charge in [0.2, 0.25) is 0 Å². The first-order chi connectivity index (χ1) is 7.64. The van der Waals surface area contributed by atoms with Crippen LogP contribution in [0.4, 0.5) is 0 Å². The lowest BCUT2D eigenvalue weighted by Gasteiger charge is -2.28. The van der Waals surface area contributed by atoms with Crippen molar-refractivity contribution in [3.63, 3.8) is 0 Å². The number of halogens is 1. The molecule has 0 aromatic heterocycles. The van der Waals surface area contributed by atoms with Crippen LogP contribution in [0.5, 0.6) is 0 Å². The molecule has 1 rings (SSSR count). The molecule has 2 atom stereocenters. The monoisotopic (exact) mass is 279 g/mol. The van der Waals surface area contributed by atoms with E-state index in [1.807, 2.05) is 18.2 Å². The molecule has 0 saturated heterocycles. The largest absolute Gasteiger partial charge is 0.197 e. The van der Waals surface area contributed by atoms with Gasteiger partial charge in [-0.1, -0.05) is 66.5 Å². The van der Waals surface area contributed by atoms with Crippen molar-refractivity contribution < 1.29 is 0 Å². The normalized spacial score (nSPS) is 16.1. The summed E-state index contributed by atoms with van der Waals surface area (Å²) in [4.78, 5) is 0.360. The summed E-state index contributed by atoms with van der Waals surface area (Å²) in [5, 5.41) is 9.54. The first kappa shape index (κ1) is 13.3. The molecule has 0 spiro atoms. The van der Waals surface area contributed by atoms with E-state index in [4.69, 9.17) is 0 Å². The van der Waals surface area contributed by atoms with Crippen LogP contribution in [-0.4, -0.2) is 4.83 Å². The van der Waals surface area contributed by atoms with Gasteiger partial charge in [0, 0.05) is 4.83 Å². The highest BCUT2D eigenvalue weighted by Gasteiger charge is 2.32. The summed E-state index contributed by atoms with van der Waals surface area (Å²) in [7, 11) is 0. The van der Waals surface area contributed by atoms with Gasteiger partial charge in [-0.15, -0.1) is 0 Å². The quantitative estimate of drug-likeness (QED) is 0.732. The molecule has 86 valence electrons. The summed E-state index contributed by atoms with van der Waals surface area (Å²) < 4.78 is 0. The maximum absolute atomic E-state index is 9.54. The second-order valence-corrected chi connectivity index (χ2v) is 5.86. The number of hydrogen-bond donors (Lipinski definition) is 0. The number of nitrogens with zero attached hydrogens (tertiary/aromatic N) is 1. The third-order valence-corrected chi connectivity index (χ3v) is 3.17. The molecule has 0 aliphatic heterocycles. The maximum Gasteiger partial charge on any atom is 0.0832 e. The van der Waals surface area contributed by atoms with E-state index >= 15 is 0 Å². The van der Waals surface area contributed by atoms with E-state index in [0.29, 0.717) is 4.83 Å². The average Bonchev–Trinajstić information content (AvgIpc) is 2.29. The van der Waals surface area contributed by atoms with Crippen LogP contribution in [0.2, 0.25) is 0 Å². The average molecular weight is 280 g/mol. The number of nitriles is 1. The van der Waals surface area contributed by atoms with Crippen molar-refractivity contribution in [3.8, 4) is 6.07 Å². The lowest BCUT2D eigenvalue weighted by molar-refractivity contribution is 0.461. The molecule has 1 aromatic rings. The van der Waals surface area contributed by atoms with E-state index < -0.39 is 0 Å². The fraction of sp³-hybridized carbons (Fsp3) is 0.500. The van der Waals surface area contributed by atoms with Gasteiger partial charge in [0.15, 0.2) is 0 Å². The number of rotatable bonds is 5. The number of benzene rings is 1. The standard InChI is InChI=1S/C14H18BrN/c1-3-9-14(11-16,10-12(2)15)13-7-5-4-6-8-13/h4-8,12H,3,9-10H2,1-2H3/t12-,14+/m0/s1. The summed E-state index contributed by atoms with van der Waals surface area (Å²) in [5.41, 5.74) is 0.810. The first-order valence-corrected chi connectivity index (χ1v) is 6.67. The lowest BCUT2D eigenvalue weighted by Crippen LogP contribution is -2.26. The van der Waals surface area contributed by atoms with Crippen LogP contribution in [0, 0.1) is 11.3 Å². The third-order valence-electron chi connectivity index (χ3n) is 2.85. The Bertz CT molecular complexity index is 353. The fourth-order valence-electron chi connectivity index (χ4n) is 2.19. The van der Waals surface area contributed by atoms with Gasteiger partial charge in [0.25, 0.3) is 0 Å². The van der Waals surface area contributed by atoms with Gasteiger partial charge in [-0.2, -0.15) is 5.26 Å². The Labute approximate surface area is 107 Å². The minimum absolute atomic E-state index is 0.334. The van der Waals surface area contributed by atoms with Crippen molar-refractivity contribution in [2.24, 2.45) is 0 Å². The van der Waals surface area contributed by atoms with Gasteiger partial charge < -0.3 is 0 Å². The molecule has 0 heterocycles. The van der Waals surface area contributed by atoms with E-state index in [-0.39, 0.29) is 5.41 Å². The Morgan fingerprint density at radius 3 is 2.44 bits per heavy atom. The van der Waals surface area contributed by atoms with E-state index in [1.54, 1.807) is 0 Å². The zero-order valence-electron chi connectivity index (χ0n) is 9.91. The molecule has 0 radical (unpaired) electrons. The van der Waals surface area contributed by atoms with Crippen molar-refractivity contribution in [1.82, 2.24) is 0 Å². The Morgan fingerprint density at radius 2 is 2.00 bits per heavy atom. The van der Waals surface area contributed by atoms with Crippen LogP contribution < -0.4 is 0 Å². The Hall–Kier alpha value is -0.810. The maximum atomic E-state index is 9.54. The second kappa shape index (κ2) is 6.06. The summed E-state index contributed by atoms with van der Waals surface area (Å²) in [6, 6.07) is 12.7. The third kappa shape index (κ3) is 3.09. The summed E-state index contributed by atoms with van der Waals surface area (Å²) in [5.74, 6) is 0. The molecule has 0 N–H and O–H groups in total. The van der Waals surface area contributed by atoms with Gasteiger partial charge in [0.05, 0.1) is 11.5 Å².